The summed E-state index contributed by atoms with van der Waals surface area (Å²) < 4.78 is 57.9. The molecule has 6 nitrogen and oxygen atoms in total. The van der Waals surface area contributed by atoms with Crippen LogP contribution in [0.1, 0.15) is 18.9 Å². The molecule has 2 heterocycles. The van der Waals surface area contributed by atoms with Crippen molar-refractivity contribution in [3.8, 4) is 0 Å². The standard InChI is InChI=1S/C12H10BrF4N3O3/c1-11(6-2-5(13)4-18-8(6)14)3-7(12(15,16)17)23-9(20-11)19-10(21)22/h2,4,7H,3H2,1H3,(H,19,20)(H,21,22)/t7-,11-/m0/s1. The van der Waals surface area contributed by atoms with Crippen LogP contribution in [0, 0.1) is 5.95 Å². The highest BCUT2D eigenvalue weighted by molar-refractivity contribution is 9.10. The number of rotatable bonds is 1. The number of hydrogen-bond donors (Lipinski definition) is 2. The van der Waals surface area contributed by atoms with E-state index in [1.807, 2.05) is 0 Å². The van der Waals surface area contributed by atoms with Gasteiger partial charge in [-0.25, -0.2) is 20.1 Å². The normalized spacial score (nSPS) is 24.6. The Morgan fingerprint density at radius 3 is 2.78 bits per heavy atom. The van der Waals surface area contributed by atoms with Crippen molar-refractivity contribution < 1.29 is 32.2 Å². The second-order valence-electron chi connectivity index (χ2n) is 4.97. The van der Waals surface area contributed by atoms with E-state index >= 15 is 0 Å². The minimum atomic E-state index is -4.78. The summed E-state index contributed by atoms with van der Waals surface area (Å²) in [6.45, 7) is 1.24. The van der Waals surface area contributed by atoms with E-state index in [0.29, 0.717) is 4.47 Å². The molecule has 1 aliphatic heterocycles. The first-order chi connectivity index (χ1) is 10.5. The molecule has 0 radical (unpaired) electrons. The van der Waals surface area contributed by atoms with Gasteiger partial charge in [0, 0.05) is 22.7 Å². The predicted octanol–water partition coefficient (Wildman–Crippen LogP) is 3.17. The number of amidine groups is 1. The van der Waals surface area contributed by atoms with Gasteiger partial charge in [-0.15, -0.1) is 0 Å². The Morgan fingerprint density at radius 2 is 2.22 bits per heavy atom. The molecule has 1 aromatic heterocycles. The molecule has 2 N–H and O–H groups in total. The summed E-state index contributed by atoms with van der Waals surface area (Å²) in [6.07, 6.45) is -8.36. The number of amides is 1. The van der Waals surface area contributed by atoms with Crippen LogP contribution >= 0.6 is 15.9 Å². The minimum Gasteiger partial charge on any atom is -0.465 e. The van der Waals surface area contributed by atoms with Crippen LogP contribution in [-0.4, -0.2) is 34.5 Å². The maximum Gasteiger partial charge on any atom is 0.425 e. The highest BCUT2D eigenvalue weighted by atomic mass is 79.9. The summed E-state index contributed by atoms with van der Waals surface area (Å²) in [5.41, 5.74) is -1.93. The number of alkyl halides is 3. The lowest BCUT2D eigenvalue weighted by molar-refractivity contribution is -0.208. The maximum atomic E-state index is 14.0. The van der Waals surface area contributed by atoms with Crippen molar-refractivity contribution in [3.63, 3.8) is 0 Å². The van der Waals surface area contributed by atoms with Crippen LogP contribution in [0.2, 0.25) is 0 Å². The number of nitrogens with zero attached hydrogens (tertiary/aromatic N) is 2. The Labute approximate surface area is 135 Å². The van der Waals surface area contributed by atoms with Crippen molar-refractivity contribution in [1.29, 1.82) is 0 Å². The number of pyridine rings is 1. The van der Waals surface area contributed by atoms with Crippen molar-refractivity contribution in [2.45, 2.75) is 31.2 Å². The zero-order valence-electron chi connectivity index (χ0n) is 11.5. The van der Waals surface area contributed by atoms with Crippen molar-refractivity contribution in [3.05, 3.63) is 28.2 Å². The number of aromatic nitrogens is 1. The van der Waals surface area contributed by atoms with E-state index in [9.17, 15) is 22.4 Å². The number of halogens is 5. The molecule has 23 heavy (non-hydrogen) atoms. The number of hydrogen-bond acceptors (Lipinski definition) is 4. The average Bonchev–Trinajstić information content (AvgIpc) is 2.39. The quantitative estimate of drug-likeness (QED) is 0.561. The van der Waals surface area contributed by atoms with Gasteiger partial charge >= 0.3 is 12.3 Å². The largest absolute Gasteiger partial charge is 0.465 e. The molecule has 1 amide bonds. The molecule has 2 atom stereocenters. The van der Waals surface area contributed by atoms with E-state index in [1.165, 1.54) is 13.0 Å². The fourth-order valence-corrected chi connectivity index (χ4v) is 2.47. The van der Waals surface area contributed by atoms with E-state index in [0.717, 1.165) is 6.20 Å². The molecule has 0 saturated heterocycles. The van der Waals surface area contributed by atoms with E-state index < -0.39 is 42.3 Å². The lowest BCUT2D eigenvalue weighted by Gasteiger charge is -2.36. The van der Waals surface area contributed by atoms with Crippen LogP contribution in [0.4, 0.5) is 22.4 Å². The van der Waals surface area contributed by atoms with Crippen molar-refractivity contribution in [1.82, 2.24) is 10.3 Å². The van der Waals surface area contributed by atoms with Crippen LogP contribution in [0.15, 0.2) is 21.7 Å². The van der Waals surface area contributed by atoms with Crippen LogP contribution in [0.3, 0.4) is 0 Å². The smallest absolute Gasteiger partial charge is 0.425 e. The molecule has 0 aliphatic carbocycles. The topological polar surface area (TPSA) is 83.8 Å². The molecule has 2 rings (SSSR count). The van der Waals surface area contributed by atoms with E-state index in [1.54, 1.807) is 5.32 Å². The van der Waals surface area contributed by atoms with E-state index in [2.05, 4.69) is 30.6 Å². The van der Waals surface area contributed by atoms with Crippen LogP contribution in [0.5, 0.6) is 0 Å². The second kappa shape index (κ2) is 5.95. The summed E-state index contributed by atoms with van der Waals surface area (Å²) in [7, 11) is 0. The Morgan fingerprint density at radius 1 is 1.57 bits per heavy atom. The molecule has 0 fully saturated rings. The number of carboxylic acid groups (broad SMARTS) is 1. The van der Waals surface area contributed by atoms with Gasteiger partial charge in [-0.3, -0.25) is 0 Å². The Kier molecular flexibility index (Phi) is 4.51. The average molecular weight is 400 g/mol. The molecule has 1 aromatic rings. The van der Waals surface area contributed by atoms with Crippen LogP contribution in [0.25, 0.3) is 0 Å². The van der Waals surface area contributed by atoms with Gasteiger partial charge in [0.05, 0.1) is 5.54 Å². The molecule has 1 aliphatic rings. The van der Waals surface area contributed by atoms with Gasteiger partial charge in [0.15, 0.2) is 6.10 Å². The summed E-state index contributed by atoms with van der Waals surface area (Å²) in [4.78, 5) is 17.9. The third-order valence-electron chi connectivity index (χ3n) is 3.15. The lowest BCUT2D eigenvalue weighted by Crippen LogP contribution is -2.48. The Bertz CT molecular complexity index is 667. The van der Waals surface area contributed by atoms with Gasteiger partial charge in [-0.1, -0.05) is 0 Å². The van der Waals surface area contributed by atoms with Crippen LogP contribution in [-0.2, 0) is 10.3 Å². The number of ether oxygens (including phenoxy) is 1. The second-order valence-corrected chi connectivity index (χ2v) is 5.88. The third-order valence-corrected chi connectivity index (χ3v) is 3.58. The molecular formula is C12H10BrF4N3O3. The zero-order valence-corrected chi connectivity index (χ0v) is 13.1. The molecule has 0 bridgehead atoms. The highest BCUT2D eigenvalue weighted by Crippen LogP contribution is 2.41. The van der Waals surface area contributed by atoms with Crippen molar-refractivity contribution in [2.75, 3.05) is 0 Å². The van der Waals surface area contributed by atoms with Gasteiger partial charge in [0.1, 0.15) is 0 Å². The van der Waals surface area contributed by atoms with Gasteiger partial charge in [0.2, 0.25) is 5.95 Å². The molecule has 0 saturated carbocycles. The van der Waals surface area contributed by atoms with Gasteiger partial charge in [0.25, 0.3) is 6.02 Å². The summed E-state index contributed by atoms with van der Waals surface area (Å²) in [5.74, 6) is -1.00. The fraction of sp³-hybridized carbons (Fsp3) is 0.417. The third kappa shape index (κ3) is 3.89. The maximum absolute atomic E-state index is 14.0. The summed E-state index contributed by atoms with van der Waals surface area (Å²) in [5, 5.41) is 10.3. The first-order valence-corrected chi connectivity index (χ1v) is 6.95. The van der Waals surface area contributed by atoms with Crippen molar-refractivity contribution in [2.24, 2.45) is 4.99 Å². The van der Waals surface area contributed by atoms with Gasteiger partial charge in [-0.05, 0) is 28.9 Å². The molecule has 0 aromatic carbocycles. The Balaban J connectivity index is 2.52. The van der Waals surface area contributed by atoms with Gasteiger partial charge < -0.3 is 9.84 Å². The van der Waals surface area contributed by atoms with Crippen molar-refractivity contribution >= 4 is 28.0 Å². The number of carbonyl (C=O) groups is 1. The summed E-state index contributed by atoms with van der Waals surface area (Å²) in [6, 6.07) is 0.385. The van der Waals surface area contributed by atoms with E-state index in [-0.39, 0.29) is 5.56 Å². The minimum absolute atomic E-state index is 0.214. The van der Waals surface area contributed by atoms with Crippen LogP contribution < -0.4 is 5.32 Å². The first kappa shape index (κ1) is 17.4. The van der Waals surface area contributed by atoms with Gasteiger partial charge in [-0.2, -0.15) is 17.6 Å². The molecular weight excluding hydrogens is 390 g/mol. The fourth-order valence-electron chi connectivity index (χ4n) is 2.14. The lowest BCUT2D eigenvalue weighted by atomic mass is 9.86. The first-order valence-electron chi connectivity index (χ1n) is 6.16. The Hall–Kier alpha value is -1.91. The SMILES string of the molecule is C[C@@]1(c2cc(Br)cnc2F)C[C@@H](C(F)(F)F)OC(NC(=O)O)=N1. The zero-order chi connectivity index (χ0) is 17.4. The van der Waals surface area contributed by atoms with E-state index in [4.69, 9.17) is 5.11 Å². The predicted molar refractivity (Wildman–Crippen MR) is 73.4 cm³/mol. The monoisotopic (exact) mass is 399 g/mol. The molecule has 0 unspecified atom stereocenters. The number of aliphatic imine (C=N–C) groups is 1. The molecule has 0 spiro atoms. The number of nitrogens with one attached hydrogen (secondary N) is 1. The molecule has 126 valence electrons. The molecule has 11 heteroatoms. The summed E-state index contributed by atoms with van der Waals surface area (Å²) >= 11 is 3.06. The highest BCUT2D eigenvalue weighted by Gasteiger charge is 2.50.